The van der Waals surface area contributed by atoms with Crippen LogP contribution in [0.5, 0.6) is 11.5 Å². The van der Waals surface area contributed by atoms with Crippen molar-refractivity contribution in [2.45, 2.75) is 0 Å². The molecule has 4 heteroatoms. The lowest BCUT2D eigenvalue weighted by Crippen LogP contribution is -2.04. The molecule has 1 aromatic carbocycles. The Morgan fingerprint density at radius 2 is 1.93 bits per heavy atom. The van der Waals surface area contributed by atoms with Crippen molar-refractivity contribution in [3.63, 3.8) is 0 Å². The number of hydrogen-bond acceptors (Lipinski definition) is 3. The Bertz CT molecular complexity index is 545. The average molecular weight is 205 g/mol. The number of rotatable bonds is 2. The zero-order valence-electron chi connectivity index (χ0n) is 8.53. The van der Waals surface area contributed by atoms with Crippen molar-refractivity contribution in [3.8, 4) is 11.5 Å². The van der Waals surface area contributed by atoms with Gasteiger partial charge in [-0.1, -0.05) is 0 Å². The number of fused-ring (bicyclic) bond motifs is 1. The van der Waals surface area contributed by atoms with Crippen LogP contribution in [0.1, 0.15) is 0 Å². The molecule has 0 aliphatic rings. The second-order valence-electron chi connectivity index (χ2n) is 3.11. The molecule has 0 atom stereocenters. The van der Waals surface area contributed by atoms with Crippen LogP contribution in [0, 0.1) is 0 Å². The Morgan fingerprint density at radius 1 is 1.13 bits per heavy atom. The van der Waals surface area contributed by atoms with Gasteiger partial charge in [0, 0.05) is 11.5 Å². The molecule has 2 rings (SSSR count). The summed E-state index contributed by atoms with van der Waals surface area (Å²) in [7, 11) is 3.13. The highest BCUT2D eigenvalue weighted by Gasteiger charge is 2.04. The quantitative estimate of drug-likeness (QED) is 0.809. The highest BCUT2D eigenvalue weighted by molar-refractivity contribution is 5.86. The number of methoxy groups -OCH3 is 2. The maximum atomic E-state index is 11.3. The SMILES string of the molecule is COc1ccc2[nH]c(=O)cc(OC)c2c1. The van der Waals surface area contributed by atoms with Gasteiger partial charge in [0.2, 0.25) is 0 Å². The van der Waals surface area contributed by atoms with Crippen molar-refractivity contribution in [3.05, 3.63) is 34.6 Å². The van der Waals surface area contributed by atoms with E-state index < -0.39 is 0 Å². The van der Waals surface area contributed by atoms with Gasteiger partial charge in [-0.15, -0.1) is 0 Å². The molecule has 0 aliphatic heterocycles. The van der Waals surface area contributed by atoms with Crippen molar-refractivity contribution < 1.29 is 9.47 Å². The Labute approximate surface area is 86.5 Å². The Kier molecular flexibility index (Phi) is 2.33. The van der Waals surface area contributed by atoms with E-state index in [1.807, 2.05) is 6.07 Å². The third kappa shape index (κ3) is 1.66. The minimum absolute atomic E-state index is 0.176. The molecule has 1 N–H and O–H groups in total. The molecule has 0 saturated heterocycles. The first kappa shape index (κ1) is 9.58. The fraction of sp³-hybridized carbons (Fsp3) is 0.182. The predicted molar refractivity (Wildman–Crippen MR) is 57.7 cm³/mol. The maximum absolute atomic E-state index is 11.3. The number of hydrogen-bond donors (Lipinski definition) is 1. The first-order valence-electron chi connectivity index (χ1n) is 4.49. The van der Waals surface area contributed by atoms with E-state index in [0.717, 1.165) is 16.7 Å². The van der Waals surface area contributed by atoms with Crippen LogP contribution in [0.25, 0.3) is 10.9 Å². The number of benzene rings is 1. The van der Waals surface area contributed by atoms with Gasteiger partial charge in [-0.05, 0) is 18.2 Å². The van der Waals surface area contributed by atoms with Gasteiger partial charge in [0.15, 0.2) is 0 Å². The summed E-state index contributed by atoms with van der Waals surface area (Å²) in [5, 5.41) is 0.830. The first-order valence-corrected chi connectivity index (χ1v) is 4.49. The summed E-state index contributed by atoms with van der Waals surface area (Å²) >= 11 is 0. The lowest BCUT2D eigenvalue weighted by molar-refractivity contribution is 0.412. The highest BCUT2D eigenvalue weighted by Crippen LogP contribution is 2.25. The summed E-state index contributed by atoms with van der Waals surface area (Å²) < 4.78 is 10.2. The molecule has 0 saturated carbocycles. The van der Waals surface area contributed by atoms with Gasteiger partial charge < -0.3 is 14.5 Å². The topological polar surface area (TPSA) is 51.3 Å². The first-order chi connectivity index (χ1) is 7.24. The Hall–Kier alpha value is -1.97. The lowest BCUT2D eigenvalue weighted by atomic mass is 10.2. The van der Waals surface area contributed by atoms with Gasteiger partial charge in [0.05, 0.1) is 19.7 Å². The van der Waals surface area contributed by atoms with Crippen LogP contribution in [-0.4, -0.2) is 19.2 Å². The molecule has 1 aromatic heterocycles. The smallest absolute Gasteiger partial charge is 0.252 e. The van der Waals surface area contributed by atoms with Crippen molar-refractivity contribution >= 4 is 10.9 Å². The van der Waals surface area contributed by atoms with Gasteiger partial charge in [0.1, 0.15) is 11.5 Å². The molecular weight excluding hydrogens is 194 g/mol. The number of aromatic amines is 1. The molecule has 4 nitrogen and oxygen atoms in total. The molecular formula is C11H11NO3. The second-order valence-corrected chi connectivity index (χ2v) is 3.11. The zero-order valence-corrected chi connectivity index (χ0v) is 8.53. The van der Waals surface area contributed by atoms with Crippen LogP contribution in [0.3, 0.4) is 0 Å². The fourth-order valence-electron chi connectivity index (χ4n) is 1.50. The summed E-state index contributed by atoms with van der Waals surface area (Å²) in [5.74, 6) is 1.28. The van der Waals surface area contributed by atoms with Gasteiger partial charge in [-0.2, -0.15) is 0 Å². The molecule has 0 spiro atoms. The predicted octanol–water partition coefficient (Wildman–Crippen LogP) is 1.55. The third-order valence-electron chi connectivity index (χ3n) is 2.23. The van der Waals surface area contributed by atoms with Gasteiger partial charge in [-0.3, -0.25) is 4.79 Å². The number of pyridine rings is 1. The molecule has 78 valence electrons. The normalized spacial score (nSPS) is 10.3. The van der Waals surface area contributed by atoms with Crippen molar-refractivity contribution in [1.29, 1.82) is 0 Å². The van der Waals surface area contributed by atoms with E-state index in [-0.39, 0.29) is 5.56 Å². The summed E-state index contributed by atoms with van der Waals surface area (Å²) in [6, 6.07) is 6.82. The van der Waals surface area contributed by atoms with E-state index in [1.54, 1.807) is 19.2 Å². The van der Waals surface area contributed by atoms with Crippen LogP contribution >= 0.6 is 0 Å². The largest absolute Gasteiger partial charge is 0.497 e. The van der Waals surface area contributed by atoms with Crippen molar-refractivity contribution in [2.75, 3.05) is 14.2 Å². The maximum Gasteiger partial charge on any atom is 0.252 e. The van der Waals surface area contributed by atoms with Crippen LogP contribution in [-0.2, 0) is 0 Å². The molecule has 0 fully saturated rings. The fourth-order valence-corrected chi connectivity index (χ4v) is 1.50. The minimum Gasteiger partial charge on any atom is -0.497 e. The Balaban J connectivity index is 2.79. The minimum atomic E-state index is -0.176. The van der Waals surface area contributed by atoms with E-state index in [2.05, 4.69) is 4.98 Å². The summed E-state index contributed by atoms with van der Waals surface area (Å²) in [5.41, 5.74) is 0.560. The van der Waals surface area contributed by atoms with Crippen LogP contribution < -0.4 is 15.0 Å². The molecule has 15 heavy (non-hydrogen) atoms. The van der Waals surface area contributed by atoms with E-state index in [9.17, 15) is 4.79 Å². The number of aromatic nitrogens is 1. The molecule has 0 radical (unpaired) electrons. The average Bonchev–Trinajstić information content (AvgIpc) is 2.27. The van der Waals surface area contributed by atoms with E-state index in [4.69, 9.17) is 9.47 Å². The zero-order chi connectivity index (χ0) is 10.8. The molecule has 1 heterocycles. The van der Waals surface area contributed by atoms with Gasteiger partial charge in [0.25, 0.3) is 5.56 Å². The molecule has 0 amide bonds. The second kappa shape index (κ2) is 3.65. The number of ether oxygens (including phenoxy) is 2. The van der Waals surface area contributed by atoms with Crippen LogP contribution in [0.15, 0.2) is 29.1 Å². The van der Waals surface area contributed by atoms with Crippen LogP contribution in [0.4, 0.5) is 0 Å². The van der Waals surface area contributed by atoms with Gasteiger partial charge in [-0.25, -0.2) is 0 Å². The van der Waals surface area contributed by atoms with Crippen LogP contribution in [0.2, 0.25) is 0 Å². The van der Waals surface area contributed by atoms with Crippen molar-refractivity contribution in [2.24, 2.45) is 0 Å². The molecule has 0 aliphatic carbocycles. The monoisotopic (exact) mass is 205 g/mol. The standard InChI is InChI=1S/C11H11NO3/c1-14-7-3-4-9-8(5-7)10(15-2)6-11(13)12-9/h3-6H,1-2H3,(H,12,13). The highest BCUT2D eigenvalue weighted by atomic mass is 16.5. The number of nitrogens with one attached hydrogen (secondary N) is 1. The summed E-state index contributed by atoms with van der Waals surface area (Å²) in [6.45, 7) is 0. The number of H-pyrrole nitrogens is 1. The summed E-state index contributed by atoms with van der Waals surface area (Å²) in [6.07, 6.45) is 0. The lowest BCUT2D eigenvalue weighted by Gasteiger charge is -2.06. The molecule has 2 aromatic rings. The molecule has 0 bridgehead atoms. The third-order valence-corrected chi connectivity index (χ3v) is 2.23. The van der Waals surface area contributed by atoms with Crippen molar-refractivity contribution in [1.82, 2.24) is 4.98 Å². The summed E-state index contributed by atoms with van der Waals surface area (Å²) in [4.78, 5) is 14.0. The van der Waals surface area contributed by atoms with E-state index >= 15 is 0 Å². The van der Waals surface area contributed by atoms with Gasteiger partial charge >= 0.3 is 0 Å². The van der Waals surface area contributed by atoms with E-state index in [0.29, 0.717) is 5.75 Å². The Morgan fingerprint density at radius 3 is 2.60 bits per heavy atom. The van der Waals surface area contributed by atoms with E-state index in [1.165, 1.54) is 13.2 Å². The molecule has 0 unspecified atom stereocenters.